The Labute approximate surface area is 125 Å². The fourth-order valence-electron chi connectivity index (χ4n) is 2.32. The van der Waals surface area contributed by atoms with Gasteiger partial charge >= 0.3 is 0 Å². The molecular formula is C18H20FNO. The number of halogens is 1. The molecule has 0 aliphatic rings. The summed E-state index contributed by atoms with van der Waals surface area (Å²) in [6, 6.07) is 12.3. The van der Waals surface area contributed by atoms with Crippen LogP contribution in [0, 0.1) is 5.82 Å². The van der Waals surface area contributed by atoms with Crippen LogP contribution in [-0.2, 0) is 19.4 Å². The van der Waals surface area contributed by atoms with Gasteiger partial charge in [-0.1, -0.05) is 44.2 Å². The van der Waals surface area contributed by atoms with Crippen molar-refractivity contribution in [1.29, 1.82) is 0 Å². The van der Waals surface area contributed by atoms with E-state index < -0.39 is 5.82 Å². The minimum absolute atomic E-state index is 0.0854. The molecule has 0 radical (unpaired) electrons. The number of benzene rings is 2. The summed E-state index contributed by atoms with van der Waals surface area (Å²) < 4.78 is 13.6. The number of amides is 1. The summed E-state index contributed by atoms with van der Waals surface area (Å²) in [6.45, 7) is 4.61. The van der Waals surface area contributed by atoms with Gasteiger partial charge in [0.05, 0.1) is 5.56 Å². The Morgan fingerprint density at radius 1 is 1.05 bits per heavy atom. The molecule has 21 heavy (non-hydrogen) atoms. The molecule has 0 aliphatic heterocycles. The predicted molar refractivity (Wildman–Crippen MR) is 82.8 cm³/mol. The molecule has 0 saturated carbocycles. The minimum Gasteiger partial charge on any atom is -0.348 e. The highest BCUT2D eigenvalue weighted by atomic mass is 19.1. The standard InChI is InChI=1S/C18H20FNO/c1-3-13-9-10-14(4-2)15(11-13)12-20-18(21)16-7-5-6-8-17(16)19/h5-11H,3-4,12H2,1-2H3,(H,20,21). The van der Waals surface area contributed by atoms with Gasteiger partial charge in [0.25, 0.3) is 5.91 Å². The molecule has 0 saturated heterocycles. The molecule has 2 nitrogen and oxygen atoms in total. The van der Waals surface area contributed by atoms with Crippen molar-refractivity contribution in [3.63, 3.8) is 0 Å². The fraction of sp³-hybridized carbons (Fsp3) is 0.278. The van der Waals surface area contributed by atoms with Crippen molar-refractivity contribution in [2.24, 2.45) is 0 Å². The average Bonchev–Trinajstić information content (AvgIpc) is 2.52. The maximum Gasteiger partial charge on any atom is 0.254 e. The molecule has 0 heterocycles. The van der Waals surface area contributed by atoms with E-state index in [1.165, 1.54) is 23.3 Å². The third kappa shape index (κ3) is 3.69. The van der Waals surface area contributed by atoms with Crippen LogP contribution >= 0.6 is 0 Å². The van der Waals surface area contributed by atoms with Crippen LogP contribution in [0.4, 0.5) is 4.39 Å². The molecule has 0 spiro atoms. The van der Waals surface area contributed by atoms with E-state index in [-0.39, 0.29) is 11.5 Å². The maximum absolute atomic E-state index is 13.6. The van der Waals surface area contributed by atoms with E-state index in [0.29, 0.717) is 6.54 Å². The summed E-state index contributed by atoms with van der Waals surface area (Å²) in [6.07, 6.45) is 1.87. The SMILES string of the molecule is CCc1ccc(CC)c(CNC(=O)c2ccccc2F)c1. The second-order valence-corrected chi connectivity index (χ2v) is 4.97. The van der Waals surface area contributed by atoms with Gasteiger partial charge in [-0.2, -0.15) is 0 Å². The predicted octanol–water partition coefficient (Wildman–Crippen LogP) is 3.88. The van der Waals surface area contributed by atoms with Gasteiger partial charge in [0.2, 0.25) is 0 Å². The number of carbonyl (C=O) groups is 1. The molecule has 2 rings (SSSR count). The van der Waals surface area contributed by atoms with Gasteiger partial charge in [0.15, 0.2) is 0 Å². The van der Waals surface area contributed by atoms with Gasteiger partial charge in [-0.15, -0.1) is 0 Å². The second kappa shape index (κ2) is 7.02. The van der Waals surface area contributed by atoms with Crippen LogP contribution < -0.4 is 5.32 Å². The van der Waals surface area contributed by atoms with Crippen LogP contribution in [0.5, 0.6) is 0 Å². The largest absolute Gasteiger partial charge is 0.348 e. The molecular weight excluding hydrogens is 265 g/mol. The Hall–Kier alpha value is -2.16. The highest BCUT2D eigenvalue weighted by Gasteiger charge is 2.11. The van der Waals surface area contributed by atoms with E-state index in [1.807, 2.05) is 0 Å². The van der Waals surface area contributed by atoms with E-state index in [2.05, 4.69) is 37.4 Å². The van der Waals surface area contributed by atoms with Crippen LogP contribution in [0.2, 0.25) is 0 Å². The van der Waals surface area contributed by atoms with E-state index in [0.717, 1.165) is 18.4 Å². The molecule has 1 amide bonds. The van der Waals surface area contributed by atoms with E-state index in [1.54, 1.807) is 12.1 Å². The summed E-state index contributed by atoms with van der Waals surface area (Å²) in [5.74, 6) is -0.870. The Morgan fingerprint density at radius 2 is 1.81 bits per heavy atom. The van der Waals surface area contributed by atoms with Gasteiger partial charge in [-0.25, -0.2) is 4.39 Å². The first-order chi connectivity index (χ1) is 10.2. The van der Waals surface area contributed by atoms with Crippen molar-refractivity contribution in [1.82, 2.24) is 5.32 Å². The van der Waals surface area contributed by atoms with Gasteiger partial charge in [0, 0.05) is 6.54 Å². The monoisotopic (exact) mass is 285 g/mol. The quantitative estimate of drug-likeness (QED) is 0.887. The summed E-state index contributed by atoms with van der Waals surface area (Å²) in [5, 5.41) is 2.80. The Morgan fingerprint density at radius 3 is 2.48 bits per heavy atom. The van der Waals surface area contributed by atoms with Crippen LogP contribution in [0.3, 0.4) is 0 Å². The topological polar surface area (TPSA) is 29.1 Å². The molecule has 1 N–H and O–H groups in total. The first kappa shape index (κ1) is 15.2. The van der Waals surface area contributed by atoms with E-state index in [4.69, 9.17) is 0 Å². The van der Waals surface area contributed by atoms with Crippen LogP contribution in [0.1, 0.15) is 40.9 Å². The van der Waals surface area contributed by atoms with Gasteiger partial charge < -0.3 is 5.32 Å². The lowest BCUT2D eigenvalue weighted by Crippen LogP contribution is -2.24. The molecule has 0 bridgehead atoms. The first-order valence-corrected chi connectivity index (χ1v) is 7.29. The lowest BCUT2D eigenvalue weighted by Gasteiger charge is -2.11. The molecule has 0 unspecified atom stereocenters. The first-order valence-electron chi connectivity index (χ1n) is 7.29. The van der Waals surface area contributed by atoms with Crippen molar-refractivity contribution >= 4 is 5.91 Å². The van der Waals surface area contributed by atoms with Crippen molar-refractivity contribution in [2.75, 3.05) is 0 Å². The number of nitrogens with one attached hydrogen (secondary N) is 1. The lowest BCUT2D eigenvalue weighted by molar-refractivity contribution is 0.0947. The van der Waals surface area contributed by atoms with E-state index in [9.17, 15) is 9.18 Å². The molecule has 3 heteroatoms. The van der Waals surface area contributed by atoms with Crippen LogP contribution in [0.15, 0.2) is 42.5 Å². The smallest absolute Gasteiger partial charge is 0.254 e. The summed E-state index contributed by atoms with van der Waals surface area (Å²) >= 11 is 0. The zero-order valence-electron chi connectivity index (χ0n) is 12.4. The van der Waals surface area contributed by atoms with Crippen LogP contribution in [-0.4, -0.2) is 5.91 Å². The van der Waals surface area contributed by atoms with Crippen LogP contribution in [0.25, 0.3) is 0 Å². The normalized spacial score (nSPS) is 10.4. The minimum atomic E-state index is -0.493. The van der Waals surface area contributed by atoms with Crippen molar-refractivity contribution < 1.29 is 9.18 Å². The summed E-state index contributed by atoms with van der Waals surface area (Å²) in [7, 11) is 0. The summed E-state index contributed by atoms with van der Waals surface area (Å²) in [4.78, 5) is 12.0. The lowest BCUT2D eigenvalue weighted by atomic mass is 10.0. The third-order valence-electron chi connectivity index (χ3n) is 3.62. The number of hydrogen-bond donors (Lipinski definition) is 1. The average molecular weight is 285 g/mol. The van der Waals surface area contributed by atoms with Gasteiger partial charge in [-0.3, -0.25) is 4.79 Å². The molecule has 2 aromatic rings. The Kier molecular flexibility index (Phi) is 5.09. The zero-order chi connectivity index (χ0) is 15.2. The maximum atomic E-state index is 13.6. The van der Waals surface area contributed by atoms with Crippen molar-refractivity contribution in [3.8, 4) is 0 Å². The van der Waals surface area contributed by atoms with Crippen molar-refractivity contribution in [2.45, 2.75) is 33.2 Å². The molecule has 0 aromatic heterocycles. The molecule has 0 fully saturated rings. The van der Waals surface area contributed by atoms with Crippen molar-refractivity contribution in [3.05, 3.63) is 70.5 Å². The molecule has 0 aliphatic carbocycles. The fourth-order valence-corrected chi connectivity index (χ4v) is 2.32. The third-order valence-corrected chi connectivity index (χ3v) is 3.62. The Balaban J connectivity index is 2.12. The van der Waals surface area contributed by atoms with Gasteiger partial charge in [0.1, 0.15) is 5.82 Å². The summed E-state index contributed by atoms with van der Waals surface area (Å²) in [5.41, 5.74) is 3.63. The van der Waals surface area contributed by atoms with Gasteiger partial charge in [-0.05, 0) is 41.7 Å². The van der Waals surface area contributed by atoms with E-state index >= 15 is 0 Å². The molecule has 2 aromatic carbocycles. The number of hydrogen-bond acceptors (Lipinski definition) is 1. The zero-order valence-corrected chi connectivity index (χ0v) is 12.4. The molecule has 0 atom stereocenters. The number of carbonyl (C=O) groups excluding carboxylic acids is 1. The Bertz CT molecular complexity index is 637. The number of aryl methyl sites for hydroxylation is 2. The highest BCUT2D eigenvalue weighted by molar-refractivity contribution is 5.94. The second-order valence-electron chi connectivity index (χ2n) is 4.97. The molecule has 110 valence electrons. The number of rotatable bonds is 5. The highest BCUT2D eigenvalue weighted by Crippen LogP contribution is 2.14.